The van der Waals surface area contributed by atoms with Crippen LogP contribution in [0.15, 0.2) is 168 Å². The molecule has 12 aromatic rings. The molecule has 4 nitrogen and oxygen atoms in total. The second-order valence-corrected chi connectivity index (χ2v) is 19.8. The number of furan rings is 1. The van der Waals surface area contributed by atoms with Gasteiger partial charge in [0.1, 0.15) is 11.2 Å². The molecule has 14 rings (SSSR count). The van der Waals surface area contributed by atoms with Crippen LogP contribution < -0.4 is 0 Å². The first-order valence-corrected chi connectivity index (χ1v) is 22.9. The molecule has 0 saturated heterocycles. The van der Waals surface area contributed by atoms with Crippen LogP contribution in [0.2, 0.25) is 0 Å². The number of rotatable bonds is 3. The molecule has 5 heteroatoms. The van der Waals surface area contributed by atoms with E-state index in [4.69, 9.17) is 19.4 Å². The van der Waals surface area contributed by atoms with Crippen molar-refractivity contribution in [2.24, 2.45) is 0 Å². The normalized spacial score (nSPS) is 14.5. The summed E-state index contributed by atoms with van der Waals surface area (Å²) in [5.41, 5.74) is 14.4. The third-order valence-electron chi connectivity index (χ3n) is 14.5. The van der Waals surface area contributed by atoms with Crippen LogP contribution in [0.25, 0.3) is 120 Å². The largest absolute Gasteiger partial charge is 0.455 e. The van der Waals surface area contributed by atoms with Crippen LogP contribution in [0.5, 0.6) is 0 Å². The van der Waals surface area contributed by atoms with E-state index in [1.54, 1.807) is 0 Å². The second-order valence-electron chi connectivity index (χ2n) is 18.7. The standard InChI is InChI=1S/C59H39N3OS/c1-58(2)46-18-10-6-15-40(46)52-47(58)31-44(51-41-16-7-11-19-48(41)63-54(51)52)57-61-55(60-56(62-57)34-24-28-50-43(30-34)37-14-8-12-20-49(37)64-50)33-22-21-32-23-25-38-35(42(32)29-33)26-27-39-36-13-5-9-17-45(36)59(3,4)53(38)39/h5-31H,1-4H3. The molecule has 0 radical (unpaired) electrons. The third-order valence-corrected chi connectivity index (χ3v) is 15.6. The first-order valence-electron chi connectivity index (χ1n) is 22.1. The van der Waals surface area contributed by atoms with Crippen molar-refractivity contribution in [2.75, 3.05) is 0 Å². The molecule has 302 valence electrons. The molecular weight excluding hydrogens is 799 g/mol. The average Bonchev–Trinajstić information content (AvgIpc) is 4.03. The van der Waals surface area contributed by atoms with E-state index in [1.165, 1.54) is 80.7 Å². The Labute approximate surface area is 373 Å². The summed E-state index contributed by atoms with van der Waals surface area (Å²) >= 11 is 1.82. The van der Waals surface area contributed by atoms with Crippen molar-refractivity contribution in [3.05, 3.63) is 186 Å². The van der Waals surface area contributed by atoms with Gasteiger partial charge in [0.25, 0.3) is 0 Å². The minimum absolute atomic E-state index is 0.127. The topological polar surface area (TPSA) is 51.8 Å². The predicted molar refractivity (Wildman–Crippen MR) is 266 cm³/mol. The number of nitrogens with zero attached hydrogens (tertiary/aromatic N) is 3. The number of aromatic nitrogens is 3. The van der Waals surface area contributed by atoms with Crippen LogP contribution in [-0.2, 0) is 10.8 Å². The van der Waals surface area contributed by atoms with Gasteiger partial charge in [-0.15, -0.1) is 11.3 Å². The first-order chi connectivity index (χ1) is 31.2. The predicted octanol–water partition coefficient (Wildman–Crippen LogP) is 16.1. The van der Waals surface area contributed by atoms with E-state index >= 15 is 0 Å². The minimum atomic E-state index is -0.271. The zero-order valence-corrected chi connectivity index (χ0v) is 36.6. The van der Waals surface area contributed by atoms with Gasteiger partial charge in [-0.3, -0.25) is 0 Å². The lowest BCUT2D eigenvalue weighted by Gasteiger charge is -2.23. The zero-order chi connectivity index (χ0) is 42.6. The first kappa shape index (κ1) is 36.1. The van der Waals surface area contributed by atoms with Gasteiger partial charge in [-0.05, 0) is 103 Å². The molecule has 9 aromatic carbocycles. The fourth-order valence-corrected chi connectivity index (χ4v) is 12.5. The number of para-hydroxylation sites is 1. The number of fused-ring (bicyclic) bond motifs is 17. The summed E-state index contributed by atoms with van der Waals surface area (Å²) in [5, 5.41) is 9.39. The van der Waals surface area contributed by atoms with E-state index in [2.05, 4.69) is 185 Å². The van der Waals surface area contributed by atoms with Gasteiger partial charge in [-0.25, -0.2) is 15.0 Å². The molecule has 3 aromatic heterocycles. The Morgan fingerprint density at radius 1 is 0.422 bits per heavy atom. The average molecular weight is 838 g/mol. The summed E-state index contributed by atoms with van der Waals surface area (Å²) in [7, 11) is 0. The molecule has 0 unspecified atom stereocenters. The fourth-order valence-electron chi connectivity index (χ4n) is 11.4. The van der Waals surface area contributed by atoms with Crippen molar-refractivity contribution < 1.29 is 4.42 Å². The van der Waals surface area contributed by atoms with Crippen LogP contribution in [0, 0.1) is 0 Å². The molecule has 0 aliphatic heterocycles. The number of benzene rings is 9. The van der Waals surface area contributed by atoms with E-state index in [-0.39, 0.29) is 10.8 Å². The van der Waals surface area contributed by atoms with Gasteiger partial charge in [-0.2, -0.15) is 0 Å². The summed E-state index contributed by atoms with van der Waals surface area (Å²) < 4.78 is 9.41. The minimum Gasteiger partial charge on any atom is -0.455 e. The van der Waals surface area contributed by atoms with Gasteiger partial charge < -0.3 is 4.42 Å². The maximum atomic E-state index is 6.90. The lowest BCUT2D eigenvalue weighted by Crippen LogP contribution is -2.15. The SMILES string of the molecule is CC1(C)c2ccccc2-c2c1cc(-c1nc(-c3ccc4ccc5c6c(ccc5c4c3)-c3ccccc3C6(C)C)nc(-c3ccc4sc5ccccc5c4c3)n1)c1c2oc2ccccc21. The van der Waals surface area contributed by atoms with Crippen molar-refractivity contribution in [2.45, 2.75) is 38.5 Å². The number of hydrogen-bond acceptors (Lipinski definition) is 5. The Bertz CT molecular complexity index is 4040. The Hall–Kier alpha value is -7.47. The highest BCUT2D eigenvalue weighted by atomic mass is 32.1. The number of hydrogen-bond donors (Lipinski definition) is 0. The van der Waals surface area contributed by atoms with Crippen molar-refractivity contribution in [1.82, 2.24) is 15.0 Å². The summed E-state index contributed by atoms with van der Waals surface area (Å²) in [6.07, 6.45) is 0. The molecule has 0 bridgehead atoms. The van der Waals surface area contributed by atoms with Crippen LogP contribution in [-0.4, -0.2) is 15.0 Å². The van der Waals surface area contributed by atoms with Crippen molar-refractivity contribution in [3.63, 3.8) is 0 Å². The molecule has 2 aliphatic rings. The summed E-state index contributed by atoms with van der Waals surface area (Å²) in [6.45, 7) is 9.35. The van der Waals surface area contributed by atoms with E-state index in [1.807, 2.05) is 17.4 Å². The van der Waals surface area contributed by atoms with Crippen molar-refractivity contribution >= 4 is 75.0 Å². The maximum Gasteiger partial charge on any atom is 0.164 e. The summed E-state index contributed by atoms with van der Waals surface area (Å²) in [4.78, 5) is 16.3. The smallest absolute Gasteiger partial charge is 0.164 e. The van der Waals surface area contributed by atoms with E-state index in [0.717, 1.165) is 44.2 Å². The number of thiophene rings is 1. The molecule has 0 fully saturated rings. The van der Waals surface area contributed by atoms with Gasteiger partial charge >= 0.3 is 0 Å². The molecule has 0 spiro atoms. The highest BCUT2D eigenvalue weighted by molar-refractivity contribution is 7.25. The lowest BCUT2D eigenvalue weighted by atomic mass is 9.80. The molecule has 64 heavy (non-hydrogen) atoms. The Balaban J connectivity index is 1.04. The molecular formula is C59H39N3OS. The molecule has 2 aliphatic carbocycles. The van der Waals surface area contributed by atoms with Gasteiger partial charge in [0.05, 0.1) is 0 Å². The summed E-state index contributed by atoms with van der Waals surface area (Å²) in [6, 6.07) is 59.5. The van der Waals surface area contributed by atoms with Crippen molar-refractivity contribution in [3.8, 4) is 56.4 Å². The molecule has 3 heterocycles. The van der Waals surface area contributed by atoms with E-state index < -0.39 is 0 Å². The van der Waals surface area contributed by atoms with E-state index in [0.29, 0.717) is 17.5 Å². The Morgan fingerprint density at radius 3 is 1.88 bits per heavy atom. The third kappa shape index (κ3) is 4.79. The highest BCUT2D eigenvalue weighted by Crippen LogP contribution is 2.55. The molecule has 0 atom stereocenters. The Morgan fingerprint density at radius 2 is 1.05 bits per heavy atom. The molecule has 0 saturated carbocycles. The second kappa shape index (κ2) is 12.6. The zero-order valence-electron chi connectivity index (χ0n) is 35.7. The van der Waals surface area contributed by atoms with Crippen LogP contribution in [0.1, 0.15) is 49.9 Å². The fraction of sp³-hybridized carbons (Fsp3) is 0.102. The molecule has 0 N–H and O–H groups in total. The monoisotopic (exact) mass is 837 g/mol. The highest BCUT2D eigenvalue weighted by Gasteiger charge is 2.40. The van der Waals surface area contributed by atoms with Gasteiger partial charge in [0.2, 0.25) is 0 Å². The van der Waals surface area contributed by atoms with E-state index in [9.17, 15) is 0 Å². The van der Waals surface area contributed by atoms with Gasteiger partial charge in [0, 0.05) is 64.0 Å². The van der Waals surface area contributed by atoms with Crippen molar-refractivity contribution in [1.29, 1.82) is 0 Å². The quantitative estimate of drug-likeness (QED) is 0.166. The lowest BCUT2D eigenvalue weighted by molar-refractivity contribution is 0.653. The molecule has 0 amide bonds. The van der Waals surface area contributed by atoms with Gasteiger partial charge in [-0.1, -0.05) is 149 Å². The van der Waals surface area contributed by atoms with Crippen LogP contribution >= 0.6 is 11.3 Å². The van der Waals surface area contributed by atoms with Gasteiger partial charge in [0.15, 0.2) is 17.5 Å². The maximum absolute atomic E-state index is 6.90. The van der Waals surface area contributed by atoms with Crippen LogP contribution in [0.3, 0.4) is 0 Å². The Kier molecular flexibility index (Phi) is 7.09. The van der Waals surface area contributed by atoms with Crippen LogP contribution in [0.4, 0.5) is 0 Å². The summed E-state index contributed by atoms with van der Waals surface area (Å²) in [5.74, 6) is 1.89.